The van der Waals surface area contributed by atoms with Gasteiger partial charge in [-0.25, -0.2) is 4.57 Å². The van der Waals surface area contributed by atoms with Gasteiger partial charge in [0, 0.05) is 5.56 Å². The molecule has 6 heteroatoms. The summed E-state index contributed by atoms with van der Waals surface area (Å²) in [5.41, 5.74) is 0.585. The number of rotatable bonds is 9. The van der Waals surface area contributed by atoms with Crippen LogP contribution >= 0.6 is 7.82 Å². The highest BCUT2D eigenvalue weighted by Gasteiger charge is 2.24. The lowest BCUT2D eigenvalue weighted by Crippen LogP contribution is -2.01. The molecule has 0 radical (unpaired) electrons. The zero-order valence-corrected chi connectivity index (χ0v) is 12.5. The van der Waals surface area contributed by atoms with Crippen molar-refractivity contribution in [1.29, 1.82) is 0 Å². The molecule has 110 valence electrons. The molecule has 0 fully saturated rings. The standard InChI is InChI=1S/C14H19O5P/c1-3-17-20(16,18-4-2)19-12-8-11-14(15)13-9-6-5-7-10-13/h5-11H,3-4,12H2,1-2H3/b11-8+. The minimum Gasteiger partial charge on any atom is -0.289 e. The van der Waals surface area contributed by atoms with Crippen LogP contribution in [0.4, 0.5) is 0 Å². The molecule has 1 aromatic carbocycles. The van der Waals surface area contributed by atoms with Crippen molar-refractivity contribution >= 4 is 13.6 Å². The lowest BCUT2D eigenvalue weighted by Gasteiger charge is -2.14. The topological polar surface area (TPSA) is 61.8 Å². The highest BCUT2D eigenvalue weighted by atomic mass is 31.2. The summed E-state index contributed by atoms with van der Waals surface area (Å²) in [6.07, 6.45) is 2.86. The van der Waals surface area contributed by atoms with E-state index in [9.17, 15) is 9.36 Å². The highest BCUT2D eigenvalue weighted by Crippen LogP contribution is 2.48. The van der Waals surface area contributed by atoms with Crippen molar-refractivity contribution in [3.05, 3.63) is 48.0 Å². The molecule has 0 bridgehead atoms. The second-order valence-electron chi connectivity index (χ2n) is 3.71. The van der Waals surface area contributed by atoms with Crippen molar-refractivity contribution in [2.24, 2.45) is 0 Å². The summed E-state index contributed by atoms with van der Waals surface area (Å²) in [5, 5.41) is 0. The summed E-state index contributed by atoms with van der Waals surface area (Å²) in [4.78, 5) is 11.7. The van der Waals surface area contributed by atoms with Crippen LogP contribution in [0.15, 0.2) is 42.5 Å². The molecule has 1 rings (SSSR count). The van der Waals surface area contributed by atoms with E-state index < -0.39 is 7.82 Å². The third-order valence-corrected chi connectivity index (χ3v) is 3.84. The summed E-state index contributed by atoms with van der Waals surface area (Å²) in [6, 6.07) is 8.85. The molecule has 0 saturated heterocycles. The van der Waals surface area contributed by atoms with Gasteiger partial charge in [0.05, 0.1) is 19.8 Å². The van der Waals surface area contributed by atoms with Crippen molar-refractivity contribution < 1.29 is 22.9 Å². The predicted molar refractivity (Wildman–Crippen MR) is 76.7 cm³/mol. The summed E-state index contributed by atoms with van der Waals surface area (Å²) in [5.74, 6) is -0.142. The number of carbonyl (C=O) groups excluding carboxylic acids is 1. The molecule has 0 aliphatic heterocycles. The van der Waals surface area contributed by atoms with Gasteiger partial charge in [-0.15, -0.1) is 0 Å². The Morgan fingerprint density at radius 1 is 1.10 bits per heavy atom. The average molecular weight is 298 g/mol. The number of phosphoric ester groups is 1. The van der Waals surface area contributed by atoms with Crippen LogP contribution in [0.25, 0.3) is 0 Å². The van der Waals surface area contributed by atoms with E-state index in [-0.39, 0.29) is 25.6 Å². The second-order valence-corrected chi connectivity index (χ2v) is 5.38. The van der Waals surface area contributed by atoms with Gasteiger partial charge in [-0.1, -0.05) is 36.4 Å². The van der Waals surface area contributed by atoms with Gasteiger partial charge in [0.2, 0.25) is 0 Å². The first-order chi connectivity index (χ1) is 9.61. The van der Waals surface area contributed by atoms with Crippen molar-refractivity contribution in [3.8, 4) is 0 Å². The first-order valence-electron chi connectivity index (χ1n) is 6.41. The van der Waals surface area contributed by atoms with E-state index in [1.54, 1.807) is 38.1 Å². The molecule has 0 amide bonds. The lowest BCUT2D eigenvalue weighted by molar-refractivity contribution is 0.104. The quantitative estimate of drug-likeness (QED) is 0.396. The molecule has 0 aliphatic rings. The smallest absolute Gasteiger partial charge is 0.289 e. The number of hydrogen-bond donors (Lipinski definition) is 0. The summed E-state index contributed by atoms with van der Waals surface area (Å²) < 4.78 is 26.9. The minimum absolute atomic E-state index is 0.0180. The molecule has 0 saturated carbocycles. The minimum atomic E-state index is -3.51. The van der Waals surface area contributed by atoms with Crippen LogP contribution in [0.3, 0.4) is 0 Å². The van der Waals surface area contributed by atoms with Crippen LogP contribution in [-0.2, 0) is 18.1 Å². The molecule has 0 aromatic heterocycles. The van der Waals surface area contributed by atoms with Crippen LogP contribution in [0, 0.1) is 0 Å². The van der Waals surface area contributed by atoms with Gasteiger partial charge >= 0.3 is 7.82 Å². The summed E-state index contributed by atoms with van der Waals surface area (Å²) in [7, 11) is -3.51. The first kappa shape index (κ1) is 16.8. The molecule has 0 atom stereocenters. The van der Waals surface area contributed by atoms with Gasteiger partial charge in [0.1, 0.15) is 0 Å². The van der Waals surface area contributed by atoms with Gasteiger partial charge in [-0.3, -0.25) is 18.4 Å². The molecule has 0 unspecified atom stereocenters. The molecule has 0 heterocycles. The van der Waals surface area contributed by atoms with E-state index in [4.69, 9.17) is 13.6 Å². The van der Waals surface area contributed by atoms with E-state index in [1.807, 2.05) is 6.07 Å². The molecule has 0 spiro atoms. The fourth-order valence-corrected chi connectivity index (χ4v) is 2.54. The molecule has 0 aliphatic carbocycles. The fourth-order valence-electron chi connectivity index (χ4n) is 1.42. The van der Waals surface area contributed by atoms with Crippen molar-refractivity contribution in [2.75, 3.05) is 19.8 Å². The zero-order valence-electron chi connectivity index (χ0n) is 11.7. The van der Waals surface area contributed by atoms with E-state index in [1.165, 1.54) is 12.2 Å². The Hall–Kier alpha value is -1.26. The normalized spacial score (nSPS) is 11.9. The number of allylic oxidation sites excluding steroid dienone is 1. The molecule has 1 aromatic rings. The van der Waals surface area contributed by atoms with Crippen LogP contribution in [0.1, 0.15) is 24.2 Å². The van der Waals surface area contributed by atoms with Crippen LogP contribution < -0.4 is 0 Å². The lowest BCUT2D eigenvalue weighted by atomic mass is 10.1. The molecule has 0 N–H and O–H groups in total. The van der Waals surface area contributed by atoms with E-state index in [0.717, 1.165) is 0 Å². The van der Waals surface area contributed by atoms with E-state index in [2.05, 4.69) is 0 Å². The van der Waals surface area contributed by atoms with Gasteiger partial charge in [-0.05, 0) is 19.9 Å². The molecule has 20 heavy (non-hydrogen) atoms. The Morgan fingerprint density at radius 2 is 1.70 bits per heavy atom. The van der Waals surface area contributed by atoms with Crippen molar-refractivity contribution in [3.63, 3.8) is 0 Å². The Labute approximate surface area is 119 Å². The van der Waals surface area contributed by atoms with E-state index in [0.29, 0.717) is 5.56 Å². The highest BCUT2D eigenvalue weighted by molar-refractivity contribution is 7.48. The van der Waals surface area contributed by atoms with Crippen molar-refractivity contribution in [2.45, 2.75) is 13.8 Å². The largest absolute Gasteiger partial charge is 0.475 e. The van der Waals surface area contributed by atoms with Gasteiger partial charge < -0.3 is 0 Å². The predicted octanol–water partition coefficient (Wildman–Crippen LogP) is 3.62. The maximum absolute atomic E-state index is 11.9. The third kappa shape index (κ3) is 5.80. The summed E-state index contributed by atoms with van der Waals surface area (Å²) >= 11 is 0. The fraction of sp³-hybridized carbons (Fsp3) is 0.357. The van der Waals surface area contributed by atoms with Crippen molar-refractivity contribution in [1.82, 2.24) is 0 Å². The van der Waals surface area contributed by atoms with Crippen LogP contribution in [0.5, 0.6) is 0 Å². The third-order valence-electron chi connectivity index (χ3n) is 2.23. The van der Waals surface area contributed by atoms with Gasteiger partial charge in [0.15, 0.2) is 5.78 Å². The number of phosphoric acid groups is 1. The number of carbonyl (C=O) groups is 1. The van der Waals surface area contributed by atoms with E-state index >= 15 is 0 Å². The maximum atomic E-state index is 11.9. The summed E-state index contributed by atoms with van der Waals surface area (Å²) in [6.45, 7) is 3.83. The monoisotopic (exact) mass is 298 g/mol. The molecule has 5 nitrogen and oxygen atoms in total. The Kier molecular flexibility index (Phi) is 7.41. The number of hydrogen-bond acceptors (Lipinski definition) is 5. The van der Waals surface area contributed by atoms with Crippen LogP contribution in [-0.4, -0.2) is 25.6 Å². The zero-order chi connectivity index (χ0) is 14.8. The number of benzene rings is 1. The second kappa shape index (κ2) is 8.82. The average Bonchev–Trinajstić information content (AvgIpc) is 2.45. The molecular weight excluding hydrogens is 279 g/mol. The first-order valence-corrected chi connectivity index (χ1v) is 7.87. The van der Waals surface area contributed by atoms with Gasteiger partial charge in [0.25, 0.3) is 0 Å². The van der Waals surface area contributed by atoms with Crippen LogP contribution in [0.2, 0.25) is 0 Å². The maximum Gasteiger partial charge on any atom is 0.475 e. The van der Waals surface area contributed by atoms with Gasteiger partial charge in [-0.2, -0.15) is 0 Å². The number of ketones is 1. The Bertz CT molecular complexity index is 474. The Morgan fingerprint density at radius 3 is 2.25 bits per heavy atom. The molecular formula is C14H19O5P. The SMILES string of the molecule is CCOP(=O)(OCC)OC/C=C/C(=O)c1ccccc1. The Balaban J connectivity index is 2.48.